The van der Waals surface area contributed by atoms with E-state index in [0.717, 1.165) is 13.0 Å². The summed E-state index contributed by atoms with van der Waals surface area (Å²) in [6.07, 6.45) is 0.898. The van der Waals surface area contributed by atoms with Crippen LogP contribution >= 0.6 is 0 Å². The molecule has 0 fully saturated rings. The van der Waals surface area contributed by atoms with Gasteiger partial charge in [-0.2, -0.15) is 0 Å². The number of hydrogen-bond donors (Lipinski definition) is 1. The van der Waals surface area contributed by atoms with Gasteiger partial charge < -0.3 is 5.32 Å². The molecule has 0 aliphatic carbocycles. The number of rotatable bonds is 8. The highest BCUT2D eigenvalue weighted by Crippen LogP contribution is 2.25. The van der Waals surface area contributed by atoms with Crippen LogP contribution in [0.3, 0.4) is 0 Å². The van der Waals surface area contributed by atoms with Crippen LogP contribution in [0.15, 0.2) is 29.2 Å². The molecule has 0 saturated carbocycles. The molecule has 7 heteroatoms. The fourth-order valence-electron chi connectivity index (χ4n) is 2.01. The van der Waals surface area contributed by atoms with Crippen molar-refractivity contribution in [1.82, 2.24) is 5.32 Å². The van der Waals surface area contributed by atoms with E-state index in [4.69, 9.17) is 0 Å². The molecule has 1 N–H and O–H groups in total. The summed E-state index contributed by atoms with van der Waals surface area (Å²) in [5, 5.41) is 14.2. The third-order valence-electron chi connectivity index (χ3n) is 3.26. The van der Waals surface area contributed by atoms with Crippen molar-refractivity contribution in [3.63, 3.8) is 0 Å². The van der Waals surface area contributed by atoms with Crippen LogP contribution in [0.2, 0.25) is 0 Å². The number of para-hydroxylation sites is 1. The Morgan fingerprint density at radius 1 is 1.29 bits per heavy atom. The lowest BCUT2D eigenvalue weighted by atomic mass is 10.1. The van der Waals surface area contributed by atoms with Gasteiger partial charge in [0, 0.05) is 12.1 Å². The highest BCUT2D eigenvalue weighted by Gasteiger charge is 2.29. The molecule has 0 aromatic heterocycles. The van der Waals surface area contributed by atoms with Gasteiger partial charge in [0.25, 0.3) is 5.69 Å². The SMILES string of the molecule is CCCNC(CS(=O)(=O)c1ccccc1[N+](=O)[O-])C(C)C. The Hall–Kier alpha value is -1.47. The Kier molecular flexibility index (Phi) is 6.29. The fourth-order valence-corrected chi connectivity index (χ4v) is 3.92. The summed E-state index contributed by atoms with van der Waals surface area (Å²) in [5.74, 6) is -0.0238. The molecule has 0 amide bonds. The molecule has 1 unspecified atom stereocenters. The summed E-state index contributed by atoms with van der Waals surface area (Å²) in [4.78, 5) is 10.1. The molecule has 21 heavy (non-hydrogen) atoms. The molecule has 0 aliphatic rings. The molecular weight excluding hydrogens is 292 g/mol. The second-order valence-electron chi connectivity index (χ2n) is 5.31. The molecular formula is C14H22N2O4S. The van der Waals surface area contributed by atoms with E-state index in [9.17, 15) is 18.5 Å². The number of nitro benzene ring substituents is 1. The minimum Gasteiger partial charge on any atom is -0.313 e. The van der Waals surface area contributed by atoms with Gasteiger partial charge in [0.15, 0.2) is 9.84 Å². The summed E-state index contributed by atoms with van der Waals surface area (Å²) in [6.45, 7) is 6.58. The van der Waals surface area contributed by atoms with Crippen molar-refractivity contribution >= 4 is 15.5 Å². The van der Waals surface area contributed by atoms with Crippen molar-refractivity contribution in [2.45, 2.75) is 38.1 Å². The van der Waals surface area contributed by atoms with Gasteiger partial charge in [0.2, 0.25) is 0 Å². The van der Waals surface area contributed by atoms with Gasteiger partial charge in [-0.3, -0.25) is 10.1 Å². The lowest BCUT2D eigenvalue weighted by Crippen LogP contribution is -2.40. The molecule has 0 spiro atoms. The lowest BCUT2D eigenvalue weighted by molar-refractivity contribution is -0.387. The zero-order valence-electron chi connectivity index (χ0n) is 12.6. The van der Waals surface area contributed by atoms with Gasteiger partial charge in [-0.25, -0.2) is 8.42 Å². The maximum absolute atomic E-state index is 12.5. The highest BCUT2D eigenvalue weighted by molar-refractivity contribution is 7.91. The van der Waals surface area contributed by atoms with Crippen LogP contribution in [-0.4, -0.2) is 31.7 Å². The fraction of sp³-hybridized carbons (Fsp3) is 0.571. The molecule has 1 aromatic carbocycles. The van der Waals surface area contributed by atoms with E-state index in [-0.39, 0.29) is 28.3 Å². The number of benzene rings is 1. The van der Waals surface area contributed by atoms with Crippen molar-refractivity contribution in [1.29, 1.82) is 0 Å². The van der Waals surface area contributed by atoms with E-state index in [1.54, 1.807) is 0 Å². The molecule has 0 radical (unpaired) electrons. The van der Waals surface area contributed by atoms with E-state index in [1.807, 2.05) is 20.8 Å². The van der Waals surface area contributed by atoms with Crippen LogP contribution < -0.4 is 5.32 Å². The third kappa shape index (κ3) is 4.78. The molecule has 0 heterocycles. The predicted octanol–water partition coefficient (Wildman–Crippen LogP) is 2.39. The minimum atomic E-state index is -3.71. The van der Waals surface area contributed by atoms with E-state index in [0.29, 0.717) is 0 Å². The number of nitrogens with one attached hydrogen (secondary N) is 1. The lowest BCUT2D eigenvalue weighted by Gasteiger charge is -2.22. The van der Waals surface area contributed by atoms with Crippen LogP contribution in [0.25, 0.3) is 0 Å². The van der Waals surface area contributed by atoms with Gasteiger partial charge in [-0.1, -0.05) is 32.9 Å². The summed E-state index contributed by atoms with van der Waals surface area (Å²) < 4.78 is 25.0. The first-order chi connectivity index (χ1) is 9.79. The molecule has 0 bridgehead atoms. The van der Waals surface area contributed by atoms with Crippen molar-refractivity contribution in [2.75, 3.05) is 12.3 Å². The van der Waals surface area contributed by atoms with Crippen LogP contribution in [0, 0.1) is 16.0 Å². The number of nitrogens with zero attached hydrogens (tertiary/aromatic N) is 1. The van der Waals surface area contributed by atoms with Gasteiger partial charge in [0.05, 0.1) is 10.7 Å². The Bertz CT molecular complexity index is 584. The second-order valence-corrected chi connectivity index (χ2v) is 7.31. The van der Waals surface area contributed by atoms with Crippen molar-refractivity contribution in [2.24, 2.45) is 5.92 Å². The maximum atomic E-state index is 12.5. The average molecular weight is 314 g/mol. The first-order valence-electron chi connectivity index (χ1n) is 6.99. The average Bonchev–Trinajstić information content (AvgIpc) is 2.43. The number of sulfone groups is 1. The van der Waals surface area contributed by atoms with Crippen LogP contribution in [-0.2, 0) is 9.84 Å². The Balaban J connectivity index is 3.08. The Morgan fingerprint density at radius 2 is 1.90 bits per heavy atom. The largest absolute Gasteiger partial charge is 0.313 e. The molecule has 0 aliphatic heterocycles. The van der Waals surface area contributed by atoms with Gasteiger partial charge in [-0.05, 0) is 24.9 Å². The molecule has 1 rings (SSSR count). The number of hydrogen-bond acceptors (Lipinski definition) is 5. The van der Waals surface area contributed by atoms with E-state index in [1.165, 1.54) is 24.3 Å². The first kappa shape index (κ1) is 17.6. The molecule has 1 aromatic rings. The van der Waals surface area contributed by atoms with E-state index in [2.05, 4.69) is 5.32 Å². The van der Waals surface area contributed by atoms with Gasteiger partial charge in [-0.15, -0.1) is 0 Å². The van der Waals surface area contributed by atoms with Gasteiger partial charge in [0.1, 0.15) is 4.90 Å². The highest BCUT2D eigenvalue weighted by atomic mass is 32.2. The van der Waals surface area contributed by atoms with Crippen LogP contribution in [0.5, 0.6) is 0 Å². The Labute approximate surface area is 125 Å². The zero-order chi connectivity index (χ0) is 16.0. The minimum absolute atomic E-state index is 0.120. The normalized spacial score (nSPS) is 13.3. The van der Waals surface area contributed by atoms with Gasteiger partial charge >= 0.3 is 0 Å². The summed E-state index contributed by atoms with van der Waals surface area (Å²) in [7, 11) is -3.71. The molecule has 118 valence electrons. The van der Waals surface area contributed by atoms with E-state index < -0.39 is 14.8 Å². The quantitative estimate of drug-likeness (QED) is 0.588. The molecule has 6 nitrogen and oxygen atoms in total. The standard InChI is InChI=1S/C14H22N2O4S/c1-4-9-15-12(11(2)3)10-21(19,20)14-8-6-5-7-13(14)16(17)18/h5-8,11-12,15H,4,9-10H2,1-3H3. The summed E-state index contributed by atoms with van der Waals surface area (Å²) in [6, 6.07) is 5.26. The van der Waals surface area contributed by atoms with Crippen molar-refractivity contribution in [3.05, 3.63) is 34.4 Å². The topological polar surface area (TPSA) is 89.3 Å². The Morgan fingerprint density at radius 3 is 2.43 bits per heavy atom. The zero-order valence-corrected chi connectivity index (χ0v) is 13.4. The number of nitro groups is 1. The molecule has 0 saturated heterocycles. The van der Waals surface area contributed by atoms with E-state index >= 15 is 0 Å². The third-order valence-corrected chi connectivity index (χ3v) is 5.07. The summed E-state index contributed by atoms with van der Waals surface area (Å²) in [5.41, 5.74) is -0.365. The molecule has 1 atom stereocenters. The van der Waals surface area contributed by atoms with Crippen molar-refractivity contribution < 1.29 is 13.3 Å². The maximum Gasteiger partial charge on any atom is 0.287 e. The predicted molar refractivity (Wildman–Crippen MR) is 82.1 cm³/mol. The monoisotopic (exact) mass is 314 g/mol. The summed E-state index contributed by atoms with van der Waals surface area (Å²) >= 11 is 0. The first-order valence-corrected chi connectivity index (χ1v) is 8.64. The van der Waals surface area contributed by atoms with Crippen molar-refractivity contribution in [3.8, 4) is 0 Å². The second kappa shape index (κ2) is 7.51. The smallest absolute Gasteiger partial charge is 0.287 e. The van der Waals surface area contributed by atoms with Crippen LogP contribution in [0.4, 0.5) is 5.69 Å². The van der Waals surface area contributed by atoms with Crippen LogP contribution in [0.1, 0.15) is 27.2 Å².